The Hall–Kier alpha value is 0.560. The molecule has 0 spiro atoms. The number of halogens is 2. The maximum atomic E-state index is 11.0. The van der Waals surface area contributed by atoms with Gasteiger partial charge in [0.15, 0.2) is 5.78 Å². The molecule has 0 N–H and O–H groups in total. The van der Waals surface area contributed by atoms with Crippen LogP contribution in [0.1, 0.15) is 6.92 Å². The Bertz CT molecular complexity index is 176. The first-order valence-corrected chi connectivity index (χ1v) is 5.03. The molecule has 2 nitrogen and oxygen atoms in total. The Balaban J connectivity index is 2.72. The van der Waals surface area contributed by atoms with Crippen molar-refractivity contribution in [3.63, 3.8) is 0 Å². The van der Waals surface area contributed by atoms with E-state index in [0.717, 1.165) is 5.75 Å². The molecule has 1 rings (SSSR count). The molecule has 0 bridgehead atoms. The van der Waals surface area contributed by atoms with E-state index in [1.165, 1.54) is 18.7 Å². The van der Waals surface area contributed by atoms with Crippen molar-refractivity contribution in [1.29, 1.82) is 0 Å². The van der Waals surface area contributed by atoms with E-state index in [-0.39, 0.29) is 5.78 Å². The summed E-state index contributed by atoms with van der Waals surface area (Å²) in [6.45, 7) is 1.87. The van der Waals surface area contributed by atoms with Gasteiger partial charge in [0.05, 0.1) is 6.61 Å². The van der Waals surface area contributed by atoms with Gasteiger partial charge in [-0.3, -0.25) is 4.79 Å². The van der Waals surface area contributed by atoms with Crippen molar-refractivity contribution < 1.29 is 9.53 Å². The molecule has 1 saturated heterocycles. The zero-order valence-electron chi connectivity index (χ0n) is 5.97. The highest BCUT2D eigenvalue weighted by atomic mass is 35.5. The van der Waals surface area contributed by atoms with Gasteiger partial charge in [0.2, 0.25) is 5.06 Å². The van der Waals surface area contributed by atoms with Crippen LogP contribution in [0.25, 0.3) is 0 Å². The number of Topliss-reactive ketones (excluding diaryl/α,β-unsaturated/α-hetero) is 1. The van der Waals surface area contributed by atoms with Crippen LogP contribution in [0.4, 0.5) is 0 Å². The lowest BCUT2D eigenvalue weighted by atomic mass is 10.3. The van der Waals surface area contributed by atoms with E-state index in [1.807, 2.05) is 0 Å². The Labute approximate surface area is 79.6 Å². The fraction of sp³-hybridized carbons (Fsp3) is 0.833. The van der Waals surface area contributed by atoms with Gasteiger partial charge < -0.3 is 4.74 Å². The van der Waals surface area contributed by atoms with Gasteiger partial charge in [0.1, 0.15) is 4.71 Å². The van der Waals surface area contributed by atoms with Gasteiger partial charge in [0.25, 0.3) is 0 Å². The van der Waals surface area contributed by atoms with Crippen LogP contribution in [0, 0.1) is 0 Å². The van der Waals surface area contributed by atoms with Crippen LogP contribution in [0.3, 0.4) is 0 Å². The van der Waals surface area contributed by atoms with Crippen molar-refractivity contribution in [2.75, 3.05) is 12.4 Å². The van der Waals surface area contributed by atoms with E-state index in [1.54, 1.807) is 0 Å². The van der Waals surface area contributed by atoms with E-state index < -0.39 is 9.77 Å². The van der Waals surface area contributed by atoms with Crippen LogP contribution < -0.4 is 0 Å². The minimum atomic E-state index is -1.30. The molecule has 1 fully saturated rings. The molecule has 0 aliphatic carbocycles. The highest BCUT2D eigenvalue weighted by Gasteiger charge is 2.44. The standard InChI is InChI=1S/C6H8Cl2O2S/c1-4(9)6(8)5(7)11-3-2-10-6/h5H,2-3H2,1H3. The molecular weight excluding hydrogens is 207 g/mol. The van der Waals surface area contributed by atoms with Crippen molar-refractivity contribution in [1.82, 2.24) is 0 Å². The molecule has 11 heavy (non-hydrogen) atoms. The van der Waals surface area contributed by atoms with E-state index >= 15 is 0 Å². The number of ketones is 1. The van der Waals surface area contributed by atoms with E-state index in [4.69, 9.17) is 27.9 Å². The topological polar surface area (TPSA) is 26.3 Å². The van der Waals surface area contributed by atoms with Crippen molar-refractivity contribution >= 4 is 40.7 Å². The second-order valence-corrected chi connectivity index (χ2v) is 4.71. The van der Waals surface area contributed by atoms with Gasteiger partial charge in [-0.15, -0.1) is 23.4 Å². The maximum Gasteiger partial charge on any atom is 0.225 e. The SMILES string of the molecule is CC(=O)C1(Cl)OCCSC1Cl. The van der Waals surface area contributed by atoms with E-state index in [2.05, 4.69) is 0 Å². The van der Waals surface area contributed by atoms with Crippen LogP contribution in [-0.2, 0) is 9.53 Å². The first-order valence-electron chi connectivity index (χ1n) is 3.17. The summed E-state index contributed by atoms with van der Waals surface area (Å²) in [4.78, 5) is 11.0. The van der Waals surface area contributed by atoms with Gasteiger partial charge in [-0.2, -0.15) is 0 Å². The smallest absolute Gasteiger partial charge is 0.225 e. The minimum absolute atomic E-state index is 0.230. The zero-order chi connectivity index (χ0) is 8.48. The largest absolute Gasteiger partial charge is 0.350 e. The number of carbonyl (C=O) groups is 1. The minimum Gasteiger partial charge on any atom is -0.350 e. The third-order valence-electron chi connectivity index (χ3n) is 1.43. The number of hydrogen-bond acceptors (Lipinski definition) is 3. The normalized spacial score (nSPS) is 38.6. The van der Waals surface area contributed by atoms with Crippen molar-refractivity contribution in [3.8, 4) is 0 Å². The lowest BCUT2D eigenvalue weighted by Crippen LogP contribution is -2.45. The van der Waals surface area contributed by atoms with Crippen molar-refractivity contribution in [2.45, 2.75) is 16.7 Å². The average molecular weight is 215 g/mol. The number of carbonyl (C=O) groups excluding carboxylic acids is 1. The number of ether oxygens (including phenoxy) is 1. The maximum absolute atomic E-state index is 11.0. The highest BCUT2D eigenvalue weighted by Crippen LogP contribution is 2.38. The Morgan fingerprint density at radius 2 is 2.45 bits per heavy atom. The van der Waals surface area contributed by atoms with Crippen molar-refractivity contribution in [3.05, 3.63) is 0 Å². The molecule has 5 heteroatoms. The molecule has 0 saturated carbocycles. The lowest BCUT2D eigenvalue weighted by molar-refractivity contribution is -0.131. The molecule has 0 amide bonds. The molecule has 2 atom stereocenters. The summed E-state index contributed by atoms with van der Waals surface area (Å²) in [6, 6.07) is 0. The first kappa shape index (κ1) is 9.65. The summed E-state index contributed by atoms with van der Waals surface area (Å²) in [5.74, 6) is 0.557. The molecule has 0 aromatic rings. The predicted octanol–water partition coefficient (Wildman–Crippen LogP) is 1.84. The molecule has 1 aliphatic heterocycles. The fourth-order valence-electron chi connectivity index (χ4n) is 0.776. The lowest BCUT2D eigenvalue weighted by Gasteiger charge is -2.32. The molecule has 0 aromatic heterocycles. The highest BCUT2D eigenvalue weighted by molar-refractivity contribution is 8.01. The molecule has 0 aromatic carbocycles. The Kier molecular flexibility index (Phi) is 3.09. The molecule has 0 radical (unpaired) electrons. The van der Waals surface area contributed by atoms with Gasteiger partial charge in [-0.25, -0.2) is 0 Å². The second kappa shape index (κ2) is 3.52. The number of alkyl halides is 2. The van der Waals surface area contributed by atoms with Gasteiger partial charge in [-0.1, -0.05) is 11.6 Å². The molecule has 1 heterocycles. The monoisotopic (exact) mass is 214 g/mol. The summed E-state index contributed by atoms with van der Waals surface area (Å²) < 4.78 is 4.63. The van der Waals surface area contributed by atoms with Crippen LogP contribution in [0.15, 0.2) is 0 Å². The average Bonchev–Trinajstić information content (AvgIpc) is 1.95. The quantitative estimate of drug-likeness (QED) is 0.624. The molecular formula is C6H8Cl2O2S. The number of rotatable bonds is 1. The van der Waals surface area contributed by atoms with Crippen LogP contribution >= 0.6 is 35.0 Å². The van der Waals surface area contributed by atoms with Gasteiger partial charge >= 0.3 is 0 Å². The first-order chi connectivity index (χ1) is 5.07. The summed E-state index contributed by atoms with van der Waals surface area (Å²) in [6.07, 6.45) is 0. The van der Waals surface area contributed by atoms with Crippen LogP contribution in [0.2, 0.25) is 0 Å². The summed E-state index contributed by atoms with van der Waals surface area (Å²) in [5, 5.41) is -1.30. The predicted molar refractivity (Wildman–Crippen MR) is 47.3 cm³/mol. The third kappa shape index (κ3) is 1.83. The van der Waals surface area contributed by atoms with Gasteiger partial charge in [-0.05, 0) is 6.92 Å². The molecule has 1 aliphatic rings. The molecule has 64 valence electrons. The van der Waals surface area contributed by atoms with E-state index in [9.17, 15) is 4.79 Å². The summed E-state index contributed by atoms with van der Waals surface area (Å²) >= 11 is 13.1. The molecule has 2 unspecified atom stereocenters. The Morgan fingerprint density at radius 1 is 1.82 bits per heavy atom. The van der Waals surface area contributed by atoms with Gasteiger partial charge in [0, 0.05) is 5.75 Å². The summed E-state index contributed by atoms with van der Waals surface area (Å²) in [5.41, 5.74) is 0. The van der Waals surface area contributed by atoms with E-state index in [0.29, 0.717) is 6.61 Å². The number of hydrogen-bond donors (Lipinski definition) is 0. The van der Waals surface area contributed by atoms with Crippen molar-refractivity contribution in [2.24, 2.45) is 0 Å². The Morgan fingerprint density at radius 3 is 2.82 bits per heavy atom. The van der Waals surface area contributed by atoms with Crippen LogP contribution in [0.5, 0.6) is 0 Å². The second-order valence-electron chi connectivity index (χ2n) is 2.24. The zero-order valence-corrected chi connectivity index (χ0v) is 8.30. The summed E-state index contributed by atoms with van der Waals surface area (Å²) in [7, 11) is 0. The number of thioether (sulfide) groups is 1. The fourth-order valence-corrected chi connectivity index (χ4v) is 2.36. The van der Waals surface area contributed by atoms with Crippen LogP contribution in [-0.4, -0.2) is 27.9 Å². The third-order valence-corrected chi connectivity index (χ3v) is 3.98.